The molecular formula is C14H26N2O4. The zero-order valence-electron chi connectivity index (χ0n) is 12.5. The summed E-state index contributed by atoms with van der Waals surface area (Å²) in [5.74, 6) is -0.763. The minimum Gasteiger partial charge on any atom is -0.481 e. The van der Waals surface area contributed by atoms with E-state index >= 15 is 0 Å². The zero-order valence-corrected chi connectivity index (χ0v) is 12.5. The lowest BCUT2D eigenvalue weighted by molar-refractivity contribution is -0.142. The number of ether oxygens (including phenoxy) is 1. The van der Waals surface area contributed by atoms with E-state index in [0.29, 0.717) is 19.6 Å². The van der Waals surface area contributed by atoms with Crippen molar-refractivity contribution in [2.45, 2.75) is 39.2 Å². The van der Waals surface area contributed by atoms with E-state index in [4.69, 9.17) is 9.84 Å². The van der Waals surface area contributed by atoms with Crippen LogP contribution in [0.2, 0.25) is 0 Å². The second-order valence-corrected chi connectivity index (χ2v) is 5.80. The minimum atomic E-state index is -0.755. The molecule has 0 spiro atoms. The molecule has 1 rings (SSSR count). The van der Waals surface area contributed by atoms with Crippen LogP contribution in [0.4, 0.5) is 4.79 Å². The molecule has 0 aromatic carbocycles. The van der Waals surface area contributed by atoms with Gasteiger partial charge in [0.1, 0.15) is 0 Å². The number of carboxylic acids is 1. The van der Waals surface area contributed by atoms with Gasteiger partial charge in [-0.2, -0.15) is 0 Å². The van der Waals surface area contributed by atoms with Gasteiger partial charge in [0, 0.05) is 13.7 Å². The number of carbonyl (C=O) groups is 2. The maximum absolute atomic E-state index is 11.8. The summed E-state index contributed by atoms with van der Waals surface area (Å²) >= 11 is 0. The van der Waals surface area contributed by atoms with Crippen molar-refractivity contribution in [3.63, 3.8) is 0 Å². The Morgan fingerprint density at radius 3 is 2.60 bits per heavy atom. The van der Waals surface area contributed by atoms with Gasteiger partial charge < -0.3 is 20.5 Å². The van der Waals surface area contributed by atoms with Gasteiger partial charge in [-0.1, -0.05) is 20.3 Å². The standard InChI is InChI=1S/C14H26N2O4/c1-9(2)12(8-20-3)16-14(19)15-7-10-5-4-6-11(10)13(17)18/h9-12H,4-8H2,1-3H3,(H,17,18)(H2,15,16,19). The molecule has 0 heterocycles. The summed E-state index contributed by atoms with van der Waals surface area (Å²) in [6.07, 6.45) is 2.49. The average molecular weight is 286 g/mol. The van der Waals surface area contributed by atoms with Gasteiger partial charge in [0.05, 0.1) is 18.6 Å². The van der Waals surface area contributed by atoms with Gasteiger partial charge in [-0.25, -0.2) is 4.79 Å². The Morgan fingerprint density at radius 1 is 1.35 bits per heavy atom. The fraction of sp³-hybridized carbons (Fsp3) is 0.857. The average Bonchev–Trinajstić information content (AvgIpc) is 2.84. The molecule has 0 aliphatic heterocycles. The quantitative estimate of drug-likeness (QED) is 0.661. The molecule has 6 nitrogen and oxygen atoms in total. The molecule has 116 valence electrons. The molecular weight excluding hydrogens is 260 g/mol. The van der Waals surface area contributed by atoms with Crippen LogP contribution in [0.25, 0.3) is 0 Å². The molecule has 20 heavy (non-hydrogen) atoms. The lowest BCUT2D eigenvalue weighted by atomic mass is 9.96. The Labute approximate surface area is 120 Å². The Bertz CT molecular complexity index is 333. The summed E-state index contributed by atoms with van der Waals surface area (Å²) in [6.45, 7) is 4.91. The fourth-order valence-electron chi connectivity index (χ4n) is 2.63. The van der Waals surface area contributed by atoms with E-state index in [-0.39, 0.29) is 29.8 Å². The number of carboxylic acid groups (broad SMARTS) is 1. The van der Waals surface area contributed by atoms with Crippen LogP contribution in [0.15, 0.2) is 0 Å². The Kier molecular flexibility index (Phi) is 6.78. The fourth-order valence-corrected chi connectivity index (χ4v) is 2.63. The van der Waals surface area contributed by atoms with Gasteiger partial charge in [0.25, 0.3) is 0 Å². The highest BCUT2D eigenvalue weighted by molar-refractivity contribution is 5.74. The maximum atomic E-state index is 11.8. The minimum absolute atomic E-state index is 0.0400. The normalized spacial score (nSPS) is 23.6. The first-order chi connectivity index (χ1) is 9.45. The number of amides is 2. The molecule has 1 aliphatic rings. The Balaban J connectivity index is 2.37. The van der Waals surface area contributed by atoms with Crippen LogP contribution in [0.1, 0.15) is 33.1 Å². The molecule has 1 aliphatic carbocycles. The van der Waals surface area contributed by atoms with E-state index in [1.807, 2.05) is 13.8 Å². The van der Waals surface area contributed by atoms with E-state index in [0.717, 1.165) is 12.8 Å². The number of nitrogens with one attached hydrogen (secondary N) is 2. The summed E-state index contributed by atoms with van der Waals surface area (Å²) in [5, 5.41) is 14.7. The molecule has 0 saturated heterocycles. The first kappa shape index (κ1) is 16.8. The van der Waals surface area contributed by atoms with E-state index < -0.39 is 5.97 Å². The number of rotatable bonds is 7. The zero-order chi connectivity index (χ0) is 15.1. The third-order valence-corrected chi connectivity index (χ3v) is 3.97. The van der Waals surface area contributed by atoms with Gasteiger partial charge in [-0.05, 0) is 24.7 Å². The second kappa shape index (κ2) is 8.09. The number of hydrogen-bond acceptors (Lipinski definition) is 3. The van der Waals surface area contributed by atoms with Crippen molar-refractivity contribution in [1.82, 2.24) is 10.6 Å². The monoisotopic (exact) mass is 286 g/mol. The molecule has 3 atom stereocenters. The van der Waals surface area contributed by atoms with Crippen molar-refractivity contribution in [1.29, 1.82) is 0 Å². The first-order valence-electron chi connectivity index (χ1n) is 7.21. The summed E-state index contributed by atoms with van der Waals surface area (Å²) in [4.78, 5) is 22.9. The Hall–Kier alpha value is -1.30. The number of carbonyl (C=O) groups excluding carboxylic acids is 1. The van der Waals surface area contributed by atoms with Crippen LogP contribution in [0, 0.1) is 17.8 Å². The topological polar surface area (TPSA) is 87.7 Å². The molecule has 0 aromatic heterocycles. The molecule has 1 saturated carbocycles. The number of urea groups is 1. The summed E-state index contributed by atoms with van der Waals surface area (Å²) in [7, 11) is 1.60. The van der Waals surface area contributed by atoms with Crippen LogP contribution >= 0.6 is 0 Å². The van der Waals surface area contributed by atoms with Crippen molar-refractivity contribution in [3.8, 4) is 0 Å². The molecule has 0 bridgehead atoms. The van der Waals surface area contributed by atoms with E-state index in [2.05, 4.69) is 10.6 Å². The molecule has 0 radical (unpaired) electrons. The smallest absolute Gasteiger partial charge is 0.315 e. The highest BCUT2D eigenvalue weighted by Gasteiger charge is 2.32. The van der Waals surface area contributed by atoms with Crippen LogP contribution in [0.3, 0.4) is 0 Å². The van der Waals surface area contributed by atoms with Crippen molar-refractivity contribution in [2.24, 2.45) is 17.8 Å². The van der Waals surface area contributed by atoms with Crippen LogP contribution < -0.4 is 10.6 Å². The van der Waals surface area contributed by atoms with Crippen molar-refractivity contribution in [3.05, 3.63) is 0 Å². The van der Waals surface area contributed by atoms with Crippen molar-refractivity contribution < 1.29 is 19.4 Å². The molecule has 3 N–H and O–H groups in total. The number of aliphatic carboxylic acids is 1. The van der Waals surface area contributed by atoms with Gasteiger partial charge in [-0.3, -0.25) is 4.79 Å². The van der Waals surface area contributed by atoms with E-state index in [1.165, 1.54) is 0 Å². The third-order valence-electron chi connectivity index (χ3n) is 3.97. The van der Waals surface area contributed by atoms with Crippen LogP contribution in [0.5, 0.6) is 0 Å². The molecule has 0 aromatic rings. The van der Waals surface area contributed by atoms with Crippen LogP contribution in [-0.2, 0) is 9.53 Å². The molecule has 2 amide bonds. The van der Waals surface area contributed by atoms with Gasteiger partial charge >= 0.3 is 12.0 Å². The first-order valence-corrected chi connectivity index (χ1v) is 7.21. The largest absolute Gasteiger partial charge is 0.481 e. The molecule has 1 fully saturated rings. The third kappa shape index (κ3) is 5.00. The van der Waals surface area contributed by atoms with Crippen LogP contribution in [-0.4, -0.2) is 43.4 Å². The van der Waals surface area contributed by atoms with Gasteiger partial charge in [0.15, 0.2) is 0 Å². The number of hydrogen-bond donors (Lipinski definition) is 3. The van der Waals surface area contributed by atoms with E-state index in [1.54, 1.807) is 7.11 Å². The highest BCUT2D eigenvalue weighted by atomic mass is 16.5. The lowest BCUT2D eigenvalue weighted by Gasteiger charge is -2.23. The van der Waals surface area contributed by atoms with E-state index in [9.17, 15) is 9.59 Å². The summed E-state index contributed by atoms with van der Waals surface area (Å²) in [5.41, 5.74) is 0. The Morgan fingerprint density at radius 2 is 2.05 bits per heavy atom. The number of methoxy groups -OCH3 is 1. The SMILES string of the molecule is COCC(NC(=O)NCC1CCCC1C(=O)O)C(C)C. The van der Waals surface area contributed by atoms with Crippen molar-refractivity contribution in [2.75, 3.05) is 20.3 Å². The predicted octanol–water partition coefficient (Wildman–Crippen LogP) is 1.46. The van der Waals surface area contributed by atoms with Gasteiger partial charge in [0.2, 0.25) is 0 Å². The molecule has 3 unspecified atom stereocenters. The predicted molar refractivity (Wildman–Crippen MR) is 75.5 cm³/mol. The van der Waals surface area contributed by atoms with Crippen molar-refractivity contribution >= 4 is 12.0 Å². The highest BCUT2D eigenvalue weighted by Crippen LogP contribution is 2.31. The lowest BCUT2D eigenvalue weighted by Crippen LogP contribution is -2.48. The maximum Gasteiger partial charge on any atom is 0.315 e. The van der Waals surface area contributed by atoms with Gasteiger partial charge in [-0.15, -0.1) is 0 Å². The summed E-state index contributed by atoms with van der Waals surface area (Å²) < 4.78 is 5.07. The molecule has 6 heteroatoms. The summed E-state index contributed by atoms with van der Waals surface area (Å²) in [6, 6.07) is -0.296. The second-order valence-electron chi connectivity index (χ2n) is 5.80.